The normalized spacial score (nSPS) is 10.7. The van der Waals surface area contributed by atoms with Crippen molar-refractivity contribution in [1.82, 2.24) is 0 Å². The van der Waals surface area contributed by atoms with E-state index in [0.29, 0.717) is 6.54 Å². The lowest BCUT2D eigenvalue weighted by Crippen LogP contribution is -2.07. The molecule has 0 aliphatic heterocycles. The molecule has 0 amide bonds. The molecule has 0 spiro atoms. The van der Waals surface area contributed by atoms with Crippen LogP contribution >= 0.6 is 0 Å². The van der Waals surface area contributed by atoms with Gasteiger partial charge in [-0.15, -0.1) is 0 Å². The zero-order valence-electron chi connectivity index (χ0n) is 12.2. The van der Waals surface area contributed by atoms with Gasteiger partial charge >= 0.3 is 0 Å². The maximum atomic E-state index is 5.88. The van der Waals surface area contributed by atoms with Crippen molar-refractivity contribution >= 4 is 0 Å². The molecular weight excluding hydrogens is 250 g/mol. The molecule has 0 aliphatic carbocycles. The highest BCUT2D eigenvalue weighted by Gasteiger charge is 2.11. The first kappa shape index (κ1) is 14.4. The molecule has 0 atom stereocenters. The molecule has 0 saturated heterocycles. The third-order valence-corrected chi connectivity index (χ3v) is 3.07. The Morgan fingerprint density at radius 2 is 1.80 bits per heavy atom. The van der Waals surface area contributed by atoms with E-state index in [-0.39, 0.29) is 6.10 Å². The fourth-order valence-corrected chi connectivity index (χ4v) is 2.17. The topological polar surface area (TPSA) is 44.5 Å². The smallest absolute Gasteiger partial charge is 0.127 e. The van der Waals surface area contributed by atoms with Gasteiger partial charge in [-0.05, 0) is 43.2 Å². The van der Waals surface area contributed by atoms with Crippen molar-refractivity contribution in [3.05, 3.63) is 48.0 Å². The van der Waals surface area contributed by atoms with Crippen LogP contribution in [0, 0.1) is 0 Å². The molecule has 2 aromatic carbocycles. The highest BCUT2D eigenvalue weighted by atomic mass is 16.5. The number of hydrogen-bond donors (Lipinski definition) is 1. The largest absolute Gasteiger partial charge is 0.497 e. The Labute approximate surface area is 120 Å². The molecular formula is C17H21NO2. The van der Waals surface area contributed by atoms with E-state index in [2.05, 4.69) is 6.07 Å². The van der Waals surface area contributed by atoms with Crippen LogP contribution in [0.2, 0.25) is 0 Å². The van der Waals surface area contributed by atoms with E-state index in [4.69, 9.17) is 15.2 Å². The van der Waals surface area contributed by atoms with Crippen molar-refractivity contribution in [2.24, 2.45) is 5.73 Å². The predicted molar refractivity (Wildman–Crippen MR) is 82.1 cm³/mol. The van der Waals surface area contributed by atoms with Crippen LogP contribution < -0.4 is 15.2 Å². The summed E-state index contributed by atoms with van der Waals surface area (Å²) in [6.45, 7) is 4.51. The van der Waals surface area contributed by atoms with Crippen LogP contribution in [0.1, 0.15) is 19.4 Å². The van der Waals surface area contributed by atoms with Crippen LogP contribution in [0.3, 0.4) is 0 Å². The summed E-state index contributed by atoms with van der Waals surface area (Å²) < 4.78 is 11.1. The van der Waals surface area contributed by atoms with Crippen LogP contribution in [0.25, 0.3) is 11.1 Å². The lowest BCUT2D eigenvalue weighted by atomic mass is 9.98. The second kappa shape index (κ2) is 6.44. The summed E-state index contributed by atoms with van der Waals surface area (Å²) in [4.78, 5) is 0. The van der Waals surface area contributed by atoms with Gasteiger partial charge < -0.3 is 15.2 Å². The molecule has 2 N–H and O–H groups in total. The van der Waals surface area contributed by atoms with E-state index in [1.807, 2.05) is 50.2 Å². The number of ether oxygens (including phenoxy) is 2. The maximum Gasteiger partial charge on any atom is 0.127 e. The van der Waals surface area contributed by atoms with Gasteiger partial charge in [-0.25, -0.2) is 0 Å². The molecule has 0 bridgehead atoms. The van der Waals surface area contributed by atoms with Crippen LogP contribution in [0.5, 0.6) is 11.5 Å². The van der Waals surface area contributed by atoms with E-state index in [9.17, 15) is 0 Å². The molecule has 0 saturated carbocycles. The van der Waals surface area contributed by atoms with Crippen molar-refractivity contribution in [1.29, 1.82) is 0 Å². The fourth-order valence-electron chi connectivity index (χ4n) is 2.17. The Kier molecular flexibility index (Phi) is 4.64. The Morgan fingerprint density at radius 1 is 1.05 bits per heavy atom. The standard InChI is InChI=1S/C17H21NO2/c1-12(2)20-17-7-5-4-6-16(17)15-9-8-14(19-3)10-13(15)11-18/h4-10,12H,11,18H2,1-3H3. The molecule has 0 aliphatic rings. The van der Waals surface area contributed by atoms with Gasteiger partial charge in [-0.2, -0.15) is 0 Å². The number of rotatable bonds is 5. The molecule has 3 nitrogen and oxygen atoms in total. The minimum Gasteiger partial charge on any atom is -0.497 e. The molecule has 20 heavy (non-hydrogen) atoms. The second-order valence-electron chi connectivity index (χ2n) is 4.89. The number of benzene rings is 2. The van der Waals surface area contributed by atoms with E-state index >= 15 is 0 Å². The van der Waals surface area contributed by atoms with Crippen molar-refractivity contribution in [2.45, 2.75) is 26.5 Å². The third kappa shape index (κ3) is 3.11. The molecule has 0 heterocycles. The summed E-state index contributed by atoms with van der Waals surface area (Å²) in [5, 5.41) is 0. The first-order chi connectivity index (χ1) is 9.65. The SMILES string of the molecule is COc1ccc(-c2ccccc2OC(C)C)c(CN)c1. The first-order valence-corrected chi connectivity index (χ1v) is 6.78. The van der Waals surface area contributed by atoms with E-state index in [1.165, 1.54) is 0 Å². The van der Waals surface area contributed by atoms with Gasteiger partial charge in [0.2, 0.25) is 0 Å². The van der Waals surface area contributed by atoms with E-state index in [0.717, 1.165) is 28.2 Å². The molecule has 0 aromatic heterocycles. The monoisotopic (exact) mass is 271 g/mol. The molecule has 3 heteroatoms. The molecule has 106 valence electrons. The quantitative estimate of drug-likeness (QED) is 0.903. The fraction of sp³-hybridized carbons (Fsp3) is 0.294. The van der Waals surface area contributed by atoms with Gasteiger partial charge in [0.05, 0.1) is 13.2 Å². The third-order valence-electron chi connectivity index (χ3n) is 3.07. The number of para-hydroxylation sites is 1. The van der Waals surface area contributed by atoms with Gasteiger partial charge in [0, 0.05) is 12.1 Å². The lowest BCUT2D eigenvalue weighted by Gasteiger charge is -2.16. The Morgan fingerprint density at radius 3 is 2.45 bits per heavy atom. The van der Waals surface area contributed by atoms with E-state index < -0.39 is 0 Å². The van der Waals surface area contributed by atoms with Gasteiger partial charge in [-0.3, -0.25) is 0 Å². The zero-order chi connectivity index (χ0) is 14.5. The summed E-state index contributed by atoms with van der Waals surface area (Å²) in [5.41, 5.74) is 9.06. The molecule has 0 unspecified atom stereocenters. The summed E-state index contributed by atoms with van der Waals surface area (Å²) in [6.07, 6.45) is 0.135. The highest BCUT2D eigenvalue weighted by Crippen LogP contribution is 2.34. The Hall–Kier alpha value is -2.00. The highest BCUT2D eigenvalue weighted by molar-refractivity contribution is 5.74. The van der Waals surface area contributed by atoms with Crippen LogP contribution in [-0.2, 0) is 6.54 Å². The minimum atomic E-state index is 0.135. The van der Waals surface area contributed by atoms with Gasteiger partial charge in [-0.1, -0.05) is 24.3 Å². The lowest BCUT2D eigenvalue weighted by molar-refractivity contribution is 0.243. The van der Waals surface area contributed by atoms with Gasteiger partial charge in [0.1, 0.15) is 11.5 Å². The predicted octanol–water partition coefficient (Wildman–Crippen LogP) is 3.61. The van der Waals surface area contributed by atoms with Crippen molar-refractivity contribution in [3.8, 4) is 22.6 Å². The van der Waals surface area contributed by atoms with Gasteiger partial charge in [0.25, 0.3) is 0 Å². The van der Waals surface area contributed by atoms with Crippen molar-refractivity contribution < 1.29 is 9.47 Å². The summed E-state index contributed by atoms with van der Waals surface area (Å²) in [7, 11) is 1.66. The second-order valence-corrected chi connectivity index (χ2v) is 4.89. The zero-order valence-corrected chi connectivity index (χ0v) is 12.2. The van der Waals surface area contributed by atoms with Crippen molar-refractivity contribution in [3.63, 3.8) is 0 Å². The Bertz CT molecular complexity index is 579. The number of methoxy groups -OCH3 is 1. The number of nitrogens with two attached hydrogens (primary N) is 1. The van der Waals surface area contributed by atoms with Crippen molar-refractivity contribution in [2.75, 3.05) is 7.11 Å². The molecule has 2 aromatic rings. The minimum absolute atomic E-state index is 0.135. The average Bonchev–Trinajstić information content (AvgIpc) is 2.46. The maximum absolute atomic E-state index is 5.88. The summed E-state index contributed by atoms with van der Waals surface area (Å²) in [6, 6.07) is 14.0. The van der Waals surface area contributed by atoms with Crippen LogP contribution in [0.4, 0.5) is 0 Å². The summed E-state index contributed by atoms with van der Waals surface area (Å²) >= 11 is 0. The molecule has 0 radical (unpaired) electrons. The summed E-state index contributed by atoms with van der Waals surface area (Å²) in [5.74, 6) is 1.69. The number of hydrogen-bond acceptors (Lipinski definition) is 3. The van der Waals surface area contributed by atoms with Crippen LogP contribution in [-0.4, -0.2) is 13.2 Å². The first-order valence-electron chi connectivity index (χ1n) is 6.78. The Balaban J connectivity index is 2.50. The van der Waals surface area contributed by atoms with Gasteiger partial charge in [0.15, 0.2) is 0 Å². The average molecular weight is 271 g/mol. The van der Waals surface area contributed by atoms with E-state index in [1.54, 1.807) is 7.11 Å². The van der Waals surface area contributed by atoms with Crippen LogP contribution in [0.15, 0.2) is 42.5 Å². The molecule has 2 rings (SSSR count). The molecule has 0 fully saturated rings.